The van der Waals surface area contributed by atoms with Gasteiger partial charge in [-0.25, -0.2) is 8.42 Å². The second-order valence-electron chi connectivity index (χ2n) is 4.22. The van der Waals surface area contributed by atoms with Crippen LogP contribution in [0.3, 0.4) is 0 Å². The van der Waals surface area contributed by atoms with Crippen LogP contribution in [0.15, 0.2) is 0 Å². The Kier molecular flexibility index (Phi) is 3.81. The van der Waals surface area contributed by atoms with E-state index in [1.165, 1.54) is 0 Å². The molecule has 1 saturated carbocycles. The molecule has 0 radical (unpaired) electrons. The Bertz CT molecular complexity index is 351. The summed E-state index contributed by atoms with van der Waals surface area (Å²) in [5.41, 5.74) is -2.22. The molecule has 1 fully saturated rings. The van der Waals surface area contributed by atoms with Crippen LogP contribution in [0.25, 0.3) is 0 Å². The smallest absolute Gasteiger partial charge is 0.212 e. The van der Waals surface area contributed by atoms with Gasteiger partial charge < -0.3 is 0 Å². The van der Waals surface area contributed by atoms with Crippen molar-refractivity contribution in [2.75, 3.05) is 11.6 Å². The first-order valence-corrected chi connectivity index (χ1v) is 6.95. The van der Waals surface area contributed by atoms with Gasteiger partial charge in [0.1, 0.15) is 5.54 Å². The molecule has 3 nitrogen and oxygen atoms in total. The standard InChI is InChI=1S/C8H13ClF3NO2S/c1-6(4-9)5-16(14,15)13-7(2-3-7)8(10,11)12/h6,13H,2-5H2,1H3. The Labute approximate surface area is 97.4 Å². The fourth-order valence-corrected chi connectivity index (χ4v) is 3.43. The monoisotopic (exact) mass is 279 g/mol. The van der Waals surface area contributed by atoms with E-state index in [2.05, 4.69) is 0 Å². The Balaban J connectivity index is 2.67. The summed E-state index contributed by atoms with van der Waals surface area (Å²) in [5.74, 6) is -0.656. The Hall–Kier alpha value is -0.0100. The summed E-state index contributed by atoms with van der Waals surface area (Å²) in [4.78, 5) is 0. The Morgan fingerprint density at radius 2 is 1.94 bits per heavy atom. The molecule has 0 heterocycles. The molecule has 0 aliphatic heterocycles. The molecule has 1 unspecified atom stereocenters. The van der Waals surface area contributed by atoms with E-state index in [9.17, 15) is 21.6 Å². The van der Waals surface area contributed by atoms with Gasteiger partial charge in [-0.3, -0.25) is 0 Å². The minimum Gasteiger partial charge on any atom is -0.212 e. The number of sulfonamides is 1. The molecule has 0 aromatic carbocycles. The van der Waals surface area contributed by atoms with Crippen molar-refractivity contribution in [3.63, 3.8) is 0 Å². The third kappa shape index (κ3) is 3.24. The van der Waals surface area contributed by atoms with Crippen LogP contribution in [0.2, 0.25) is 0 Å². The molecule has 1 aliphatic carbocycles. The predicted molar refractivity (Wildman–Crippen MR) is 54.8 cm³/mol. The number of halogens is 4. The van der Waals surface area contributed by atoms with Gasteiger partial charge in [-0.1, -0.05) is 6.92 Å². The third-order valence-electron chi connectivity index (χ3n) is 2.41. The molecule has 96 valence electrons. The zero-order chi connectivity index (χ0) is 12.6. The average molecular weight is 280 g/mol. The van der Waals surface area contributed by atoms with E-state index in [1.807, 2.05) is 0 Å². The maximum Gasteiger partial charge on any atom is 0.407 e. The van der Waals surface area contributed by atoms with E-state index < -0.39 is 21.7 Å². The fourth-order valence-electron chi connectivity index (χ4n) is 1.33. The van der Waals surface area contributed by atoms with Crippen LogP contribution >= 0.6 is 11.6 Å². The second-order valence-corrected chi connectivity index (χ2v) is 6.30. The molecule has 0 aromatic rings. The molecular formula is C8H13ClF3NO2S. The molecule has 8 heteroatoms. The minimum atomic E-state index is -4.52. The van der Waals surface area contributed by atoms with Crippen molar-refractivity contribution in [2.24, 2.45) is 5.92 Å². The Morgan fingerprint density at radius 3 is 2.25 bits per heavy atom. The van der Waals surface area contributed by atoms with E-state index in [-0.39, 0.29) is 30.4 Å². The van der Waals surface area contributed by atoms with Crippen LogP contribution in [0, 0.1) is 5.92 Å². The molecule has 1 N–H and O–H groups in total. The number of hydrogen-bond donors (Lipinski definition) is 1. The van der Waals surface area contributed by atoms with Gasteiger partial charge >= 0.3 is 6.18 Å². The molecule has 0 bridgehead atoms. The number of hydrogen-bond acceptors (Lipinski definition) is 2. The number of rotatable bonds is 5. The first kappa shape index (κ1) is 14.1. The van der Waals surface area contributed by atoms with Gasteiger partial charge in [0.15, 0.2) is 0 Å². The quantitative estimate of drug-likeness (QED) is 0.781. The van der Waals surface area contributed by atoms with Crippen molar-refractivity contribution in [3.8, 4) is 0 Å². The molecule has 16 heavy (non-hydrogen) atoms. The van der Waals surface area contributed by atoms with Crippen LogP contribution in [-0.2, 0) is 10.0 Å². The van der Waals surface area contributed by atoms with E-state index in [4.69, 9.17) is 11.6 Å². The zero-order valence-corrected chi connectivity index (χ0v) is 10.2. The van der Waals surface area contributed by atoms with Crippen LogP contribution < -0.4 is 4.72 Å². The highest BCUT2D eigenvalue weighted by atomic mass is 35.5. The molecule has 0 spiro atoms. The van der Waals surface area contributed by atoms with E-state index >= 15 is 0 Å². The fraction of sp³-hybridized carbons (Fsp3) is 1.00. The average Bonchev–Trinajstić information content (AvgIpc) is 2.82. The minimum absolute atomic E-state index is 0.0972. The van der Waals surface area contributed by atoms with Crippen LogP contribution in [0.4, 0.5) is 13.2 Å². The number of alkyl halides is 4. The summed E-state index contributed by atoms with van der Waals surface area (Å²) in [5, 5.41) is 0. The van der Waals surface area contributed by atoms with Gasteiger partial charge in [0.05, 0.1) is 5.75 Å². The van der Waals surface area contributed by atoms with E-state index in [1.54, 1.807) is 11.6 Å². The van der Waals surface area contributed by atoms with Gasteiger partial charge in [0, 0.05) is 5.88 Å². The molecule has 0 aromatic heterocycles. The first-order valence-electron chi connectivity index (χ1n) is 4.76. The topological polar surface area (TPSA) is 46.2 Å². The summed E-state index contributed by atoms with van der Waals surface area (Å²) in [6.07, 6.45) is -4.90. The molecule has 0 amide bonds. The van der Waals surface area contributed by atoms with Crippen molar-refractivity contribution in [2.45, 2.75) is 31.5 Å². The maximum atomic E-state index is 12.5. The van der Waals surface area contributed by atoms with Gasteiger partial charge in [0.25, 0.3) is 0 Å². The normalized spacial score (nSPS) is 21.8. The lowest BCUT2D eigenvalue weighted by Gasteiger charge is -2.21. The first-order chi connectivity index (χ1) is 7.12. The lowest BCUT2D eigenvalue weighted by atomic mass is 10.3. The summed E-state index contributed by atoms with van der Waals surface area (Å²) >= 11 is 5.42. The number of nitrogens with one attached hydrogen (secondary N) is 1. The van der Waals surface area contributed by atoms with Gasteiger partial charge in [-0.05, 0) is 18.8 Å². The van der Waals surface area contributed by atoms with Crippen molar-refractivity contribution in [3.05, 3.63) is 0 Å². The second kappa shape index (κ2) is 4.34. The van der Waals surface area contributed by atoms with Crippen molar-refractivity contribution in [1.29, 1.82) is 0 Å². The van der Waals surface area contributed by atoms with E-state index in [0.29, 0.717) is 0 Å². The zero-order valence-electron chi connectivity index (χ0n) is 8.64. The highest BCUT2D eigenvalue weighted by Gasteiger charge is 2.65. The highest BCUT2D eigenvalue weighted by molar-refractivity contribution is 7.89. The summed E-state index contributed by atoms with van der Waals surface area (Å²) in [6, 6.07) is 0. The molecular weight excluding hydrogens is 267 g/mol. The summed E-state index contributed by atoms with van der Waals surface area (Å²) in [7, 11) is -3.93. The predicted octanol–water partition coefficient (Wildman–Crippen LogP) is 1.88. The van der Waals surface area contributed by atoms with Gasteiger partial charge in [0.2, 0.25) is 10.0 Å². The lowest BCUT2D eigenvalue weighted by molar-refractivity contribution is -0.160. The van der Waals surface area contributed by atoms with Crippen LogP contribution in [0.5, 0.6) is 0 Å². The van der Waals surface area contributed by atoms with Crippen LogP contribution in [-0.4, -0.2) is 31.8 Å². The van der Waals surface area contributed by atoms with Crippen LogP contribution in [0.1, 0.15) is 19.8 Å². The van der Waals surface area contributed by atoms with E-state index in [0.717, 1.165) is 0 Å². The van der Waals surface area contributed by atoms with Crippen molar-refractivity contribution >= 4 is 21.6 Å². The van der Waals surface area contributed by atoms with Gasteiger partial charge in [-0.15, -0.1) is 11.6 Å². The molecule has 1 aliphatic rings. The van der Waals surface area contributed by atoms with Crippen molar-refractivity contribution in [1.82, 2.24) is 4.72 Å². The SMILES string of the molecule is CC(CCl)CS(=O)(=O)NC1(C(F)(F)F)CC1. The summed E-state index contributed by atoms with van der Waals surface area (Å²) in [6.45, 7) is 1.57. The third-order valence-corrected chi connectivity index (χ3v) is 4.65. The Morgan fingerprint density at radius 1 is 1.44 bits per heavy atom. The molecule has 1 rings (SSSR count). The lowest BCUT2D eigenvalue weighted by Crippen LogP contribution is -2.49. The molecule has 0 saturated heterocycles. The highest BCUT2D eigenvalue weighted by Crippen LogP contribution is 2.49. The molecule has 1 atom stereocenters. The van der Waals surface area contributed by atoms with Gasteiger partial charge in [-0.2, -0.15) is 17.9 Å². The largest absolute Gasteiger partial charge is 0.407 e. The summed E-state index contributed by atoms with van der Waals surface area (Å²) < 4.78 is 62.1. The van der Waals surface area contributed by atoms with Crippen molar-refractivity contribution < 1.29 is 21.6 Å². The maximum absolute atomic E-state index is 12.5.